The van der Waals surface area contributed by atoms with Crippen molar-refractivity contribution in [3.8, 4) is 5.75 Å². The first kappa shape index (κ1) is 30.3. The number of halogens is 1. The Bertz CT molecular complexity index is 1250. The quantitative estimate of drug-likeness (QED) is 0.584. The number of carbonyl (C=O) groups excluding carboxylic acids is 3. The zero-order valence-corrected chi connectivity index (χ0v) is 24.2. The molecule has 0 saturated heterocycles. The minimum absolute atomic E-state index is 0.192. The molecule has 1 unspecified atom stereocenters. The molecule has 2 N–H and O–H groups in total. The lowest BCUT2D eigenvalue weighted by Crippen LogP contribution is -2.52. The third-order valence-corrected chi connectivity index (χ3v) is 7.91. The van der Waals surface area contributed by atoms with Gasteiger partial charge in [-0.2, -0.15) is 5.11 Å². The van der Waals surface area contributed by atoms with Crippen LogP contribution in [0.1, 0.15) is 57.1 Å². The average Bonchev–Trinajstić information content (AvgIpc) is 3.80. The highest BCUT2D eigenvalue weighted by molar-refractivity contribution is 5.90. The van der Waals surface area contributed by atoms with E-state index in [2.05, 4.69) is 20.9 Å². The second-order valence-electron chi connectivity index (χ2n) is 11.1. The molecule has 0 bridgehead atoms. The number of hydrogen-bond donors (Lipinski definition) is 2. The fourth-order valence-electron chi connectivity index (χ4n) is 4.96. The lowest BCUT2D eigenvalue weighted by atomic mass is 9.93. The summed E-state index contributed by atoms with van der Waals surface area (Å²) in [6.07, 6.45) is 3.02. The van der Waals surface area contributed by atoms with Gasteiger partial charge in [0.1, 0.15) is 23.7 Å². The molecule has 1 fully saturated rings. The van der Waals surface area contributed by atoms with Crippen molar-refractivity contribution in [1.82, 2.24) is 15.5 Å². The Balaban J connectivity index is 1.60. The van der Waals surface area contributed by atoms with Gasteiger partial charge in [0.05, 0.1) is 6.04 Å². The van der Waals surface area contributed by atoms with Gasteiger partial charge < -0.3 is 20.3 Å². The van der Waals surface area contributed by atoms with E-state index < -0.39 is 30.0 Å². The van der Waals surface area contributed by atoms with Crippen LogP contribution in [0.15, 0.2) is 58.8 Å². The normalized spacial score (nSPS) is 26.2. The average molecular weight is 566 g/mol. The first-order valence-electron chi connectivity index (χ1n) is 14.4. The van der Waals surface area contributed by atoms with Gasteiger partial charge in [0.2, 0.25) is 11.8 Å². The molecule has 4 rings (SSSR count). The van der Waals surface area contributed by atoms with E-state index in [9.17, 15) is 18.8 Å². The molecule has 0 radical (unpaired) electrons. The van der Waals surface area contributed by atoms with Crippen LogP contribution in [0.4, 0.5) is 4.39 Å². The number of amides is 3. The molecule has 220 valence electrons. The maximum absolute atomic E-state index is 13.5. The maximum Gasteiger partial charge on any atom is 0.286 e. The number of aryl methyl sites for hydroxylation is 1. The first-order valence-corrected chi connectivity index (χ1v) is 14.4. The number of nitrogens with zero attached hydrogens (tertiary/aromatic N) is 3. The van der Waals surface area contributed by atoms with E-state index >= 15 is 0 Å². The van der Waals surface area contributed by atoms with E-state index in [4.69, 9.17) is 4.74 Å². The summed E-state index contributed by atoms with van der Waals surface area (Å²) >= 11 is 0. The highest BCUT2D eigenvalue weighted by Crippen LogP contribution is 2.34. The number of ether oxygens (including phenoxy) is 1. The molecule has 5 atom stereocenters. The number of hydrogen-bond acceptors (Lipinski definition) is 6. The zero-order chi connectivity index (χ0) is 29.5. The number of carbonyl (C=O) groups is 3. The van der Waals surface area contributed by atoms with E-state index in [1.807, 2.05) is 31.2 Å². The second kappa shape index (κ2) is 13.8. The van der Waals surface area contributed by atoms with E-state index in [0.717, 1.165) is 24.2 Å². The van der Waals surface area contributed by atoms with Gasteiger partial charge in [0, 0.05) is 26.1 Å². The third-order valence-electron chi connectivity index (χ3n) is 7.91. The molecule has 1 aliphatic heterocycles. The zero-order valence-electron chi connectivity index (χ0n) is 24.2. The second-order valence-corrected chi connectivity index (χ2v) is 11.1. The van der Waals surface area contributed by atoms with Crippen LogP contribution in [-0.4, -0.2) is 67.0 Å². The van der Waals surface area contributed by atoms with Crippen LogP contribution in [-0.2, 0) is 20.8 Å². The summed E-state index contributed by atoms with van der Waals surface area (Å²) in [5.74, 6) is -1.09. The number of nitrogens with one attached hydrogen (secondary N) is 2. The molecule has 2 aliphatic rings. The molecule has 10 heteroatoms. The molecular formula is C31H40FN5O4. The predicted octanol–water partition coefficient (Wildman–Crippen LogP) is 4.02. The molecule has 1 heterocycles. The summed E-state index contributed by atoms with van der Waals surface area (Å²) in [6, 6.07) is 11.3. The highest BCUT2D eigenvalue weighted by atomic mass is 19.1. The van der Waals surface area contributed by atoms with Crippen molar-refractivity contribution >= 4 is 17.7 Å². The van der Waals surface area contributed by atoms with Gasteiger partial charge in [0.25, 0.3) is 5.91 Å². The monoisotopic (exact) mass is 565 g/mol. The van der Waals surface area contributed by atoms with E-state index in [1.54, 1.807) is 33.0 Å². The summed E-state index contributed by atoms with van der Waals surface area (Å²) < 4.78 is 19.8. The van der Waals surface area contributed by atoms with Crippen molar-refractivity contribution in [3.05, 3.63) is 65.5 Å². The summed E-state index contributed by atoms with van der Waals surface area (Å²) in [5, 5.41) is 14.4. The Labute approximate surface area is 240 Å². The molecule has 41 heavy (non-hydrogen) atoms. The largest absolute Gasteiger partial charge is 0.489 e. The number of azo groups is 1. The number of rotatable bonds is 3. The van der Waals surface area contributed by atoms with Crippen molar-refractivity contribution < 1.29 is 23.5 Å². The van der Waals surface area contributed by atoms with Crippen LogP contribution in [0, 0.1) is 11.7 Å². The van der Waals surface area contributed by atoms with Crippen molar-refractivity contribution in [2.24, 2.45) is 16.1 Å². The minimum atomic E-state index is -1.02. The van der Waals surface area contributed by atoms with Crippen LogP contribution >= 0.6 is 0 Å². The van der Waals surface area contributed by atoms with E-state index in [1.165, 1.54) is 17.0 Å². The van der Waals surface area contributed by atoms with Gasteiger partial charge in [-0.05, 0) is 74.8 Å². The Morgan fingerprint density at radius 2 is 1.76 bits per heavy atom. The van der Waals surface area contributed by atoms with Gasteiger partial charge >= 0.3 is 0 Å². The van der Waals surface area contributed by atoms with Crippen LogP contribution in [0.5, 0.6) is 5.75 Å². The number of para-hydroxylation sites is 1. The molecule has 1 aliphatic carbocycles. The van der Waals surface area contributed by atoms with E-state index in [0.29, 0.717) is 31.5 Å². The highest BCUT2D eigenvalue weighted by Gasteiger charge is 2.39. The van der Waals surface area contributed by atoms with E-state index in [-0.39, 0.29) is 29.7 Å². The number of likely N-dealkylation sites (N-methyl/N-ethyl adjacent to an activating group) is 1. The van der Waals surface area contributed by atoms with Gasteiger partial charge in [-0.25, -0.2) is 4.39 Å². The molecule has 1 saturated carbocycles. The molecule has 3 amide bonds. The molecule has 0 aromatic heterocycles. The van der Waals surface area contributed by atoms with Crippen molar-refractivity contribution in [2.45, 2.75) is 76.6 Å². The summed E-state index contributed by atoms with van der Waals surface area (Å²) in [6.45, 7) is 6.20. The Hall–Kier alpha value is -3.66. The Morgan fingerprint density at radius 3 is 2.46 bits per heavy atom. The van der Waals surface area contributed by atoms with Crippen LogP contribution in [0.25, 0.3) is 0 Å². The topological polar surface area (TPSA) is 112 Å². The number of benzene rings is 2. The minimum Gasteiger partial charge on any atom is -0.489 e. The standard InChI is InChI=1S/C31H40FN5O4/c1-19-18-34-28(24-11-12-24)31(40)37(4)21(3)29(38)36-35-27(20(2)22-13-15-25(32)16-14-22)30(39)33-17-7-9-23-8-5-6-10-26(23)41-19/h5-6,8,10,13-16,19-21,24,27-28,34H,7,9,11-12,17-18H2,1-4H3,(H,33,39)/t19-,20?,21-,27-,28+/m1/s1. The molecule has 2 aromatic carbocycles. The fraction of sp³-hybridized carbons (Fsp3) is 0.516. The van der Waals surface area contributed by atoms with Gasteiger partial charge in [-0.1, -0.05) is 37.3 Å². The lowest BCUT2D eigenvalue weighted by Gasteiger charge is -2.28. The summed E-state index contributed by atoms with van der Waals surface area (Å²) in [7, 11) is 1.58. The van der Waals surface area contributed by atoms with Crippen LogP contribution in [0.3, 0.4) is 0 Å². The SMILES string of the molecule is CC(c1ccc(F)cc1)[C@H]1N=NC(=O)[C@@H](C)N(C)C(=O)[C@H](C2CC2)NC[C@@H](C)Oc2ccccc2CCCNC1=O. The summed E-state index contributed by atoms with van der Waals surface area (Å²) in [5.41, 5.74) is 1.71. The predicted molar refractivity (Wildman–Crippen MR) is 153 cm³/mol. The molecular weight excluding hydrogens is 525 g/mol. The van der Waals surface area contributed by atoms with Crippen LogP contribution in [0.2, 0.25) is 0 Å². The maximum atomic E-state index is 13.5. The van der Waals surface area contributed by atoms with Crippen molar-refractivity contribution in [3.63, 3.8) is 0 Å². The summed E-state index contributed by atoms with van der Waals surface area (Å²) in [4.78, 5) is 41.2. The van der Waals surface area contributed by atoms with Crippen LogP contribution < -0.4 is 15.4 Å². The van der Waals surface area contributed by atoms with Gasteiger partial charge in [-0.3, -0.25) is 14.4 Å². The molecule has 9 nitrogen and oxygen atoms in total. The number of fused-ring (bicyclic) bond motifs is 1. The smallest absolute Gasteiger partial charge is 0.286 e. The molecule has 2 aromatic rings. The fourth-order valence-corrected chi connectivity index (χ4v) is 4.96. The Morgan fingerprint density at radius 1 is 1.05 bits per heavy atom. The lowest BCUT2D eigenvalue weighted by molar-refractivity contribution is -0.139. The van der Waals surface area contributed by atoms with Gasteiger partial charge in [0.15, 0.2) is 6.04 Å². The van der Waals surface area contributed by atoms with Crippen molar-refractivity contribution in [1.29, 1.82) is 0 Å². The molecule has 0 spiro atoms. The first-order chi connectivity index (χ1) is 19.7. The van der Waals surface area contributed by atoms with Gasteiger partial charge in [-0.15, -0.1) is 5.11 Å². The Kier molecular flexibility index (Phi) is 10.2. The third kappa shape index (κ3) is 7.97. The van der Waals surface area contributed by atoms with Crippen molar-refractivity contribution in [2.75, 3.05) is 20.1 Å².